The molecule has 1 nitrogen and oxygen atoms in total. The van der Waals surface area contributed by atoms with Gasteiger partial charge < -0.3 is 0 Å². The highest BCUT2D eigenvalue weighted by atomic mass is 19.3. The summed E-state index contributed by atoms with van der Waals surface area (Å²) in [4.78, 5) is 0. The first kappa shape index (κ1) is 9.40. The predicted octanol–water partition coefficient (Wildman–Crippen LogP) is 2.86. The third-order valence-corrected chi connectivity index (χ3v) is 1.56. The first-order chi connectivity index (χ1) is 6.25. The van der Waals surface area contributed by atoms with E-state index in [4.69, 9.17) is 5.26 Å². The zero-order chi connectivity index (χ0) is 9.68. The second-order valence-electron chi connectivity index (χ2n) is 2.40. The van der Waals surface area contributed by atoms with Gasteiger partial charge in [-0.3, -0.25) is 0 Å². The van der Waals surface area contributed by atoms with Crippen molar-refractivity contribution in [1.29, 1.82) is 5.26 Å². The third kappa shape index (κ3) is 2.38. The maximum Gasteiger partial charge on any atom is 0.265 e. The van der Waals surface area contributed by atoms with Crippen LogP contribution < -0.4 is 0 Å². The number of halogens is 2. The number of benzene rings is 1. The summed E-state index contributed by atoms with van der Waals surface area (Å²) in [7, 11) is 0. The molecule has 0 atom stereocenters. The molecule has 1 aromatic carbocycles. The van der Waals surface area contributed by atoms with E-state index in [0.717, 1.165) is 6.08 Å². The van der Waals surface area contributed by atoms with Gasteiger partial charge in [-0.2, -0.15) is 5.26 Å². The molecule has 0 aliphatic rings. The van der Waals surface area contributed by atoms with Crippen LogP contribution in [0.5, 0.6) is 0 Å². The first-order valence-electron chi connectivity index (χ1n) is 3.69. The fourth-order valence-electron chi connectivity index (χ4n) is 0.972. The van der Waals surface area contributed by atoms with Crippen molar-refractivity contribution in [3.05, 3.63) is 42.0 Å². The number of hydrogen-bond donors (Lipinski definition) is 0. The van der Waals surface area contributed by atoms with Gasteiger partial charge in [-0.1, -0.05) is 30.3 Å². The molecule has 0 aliphatic heterocycles. The van der Waals surface area contributed by atoms with Gasteiger partial charge in [-0.25, -0.2) is 8.78 Å². The lowest BCUT2D eigenvalue weighted by atomic mass is 10.1. The molecular formula is C10H7F2N. The van der Waals surface area contributed by atoms with Gasteiger partial charge >= 0.3 is 0 Å². The molecule has 0 saturated carbocycles. The van der Waals surface area contributed by atoms with Crippen molar-refractivity contribution in [2.75, 3.05) is 0 Å². The Hall–Kier alpha value is -1.69. The quantitative estimate of drug-likeness (QED) is 0.640. The van der Waals surface area contributed by atoms with Crippen LogP contribution in [0.4, 0.5) is 8.78 Å². The summed E-state index contributed by atoms with van der Waals surface area (Å²) in [6.45, 7) is 0. The molecule has 0 heterocycles. The normalized spacial score (nSPS) is 11.4. The maximum absolute atomic E-state index is 12.4. The molecule has 3 heteroatoms. The predicted molar refractivity (Wildman–Crippen MR) is 46.0 cm³/mol. The van der Waals surface area contributed by atoms with E-state index in [1.165, 1.54) is 0 Å². The van der Waals surface area contributed by atoms with Gasteiger partial charge in [-0.05, 0) is 5.56 Å². The van der Waals surface area contributed by atoms with Crippen LogP contribution in [0.3, 0.4) is 0 Å². The lowest BCUT2D eigenvalue weighted by Crippen LogP contribution is -1.95. The van der Waals surface area contributed by atoms with Crippen LogP contribution >= 0.6 is 0 Å². The average Bonchev–Trinajstić information content (AvgIpc) is 2.15. The Kier molecular flexibility index (Phi) is 3.15. The fraction of sp³-hybridized carbons (Fsp3) is 0.100. The van der Waals surface area contributed by atoms with Gasteiger partial charge in [0.15, 0.2) is 0 Å². The lowest BCUT2D eigenvalue weighted by Gasteiger charge is -2.03. The van der Waals surface area contributed by atoms with E-state index < -0.39 is 6.43 Å². The van der Waals surface area contributed by atoms with Gasteiger partial charge in [0.25, 0.3) is 6.43 Å². The summed E-state index contributed by atoms with van der Waals surface area (Å²) in [6.07, 6.45) is -1.73. The highest BCUT2D eigenvalue weighted by molar-refractivity contribution is 5.69. The summed E-state index contributed by atoms with van der Waals surface area (Å²) >= 11 is 0. The van der Waals surface area contributed by atoms with Gasteiger partial charge in [0.05, 0.1) is 6.07 Å². The van der Waals surface area contributed by atoms with Crippen molar-refractivity contribution >= 4 is 5.57 Å². The topological polar surface area (TPSA) is 23.8 Å². The average molecular weight is 179 g/mol. The fourth-order valence-corrected chi connectivity index (χ4v) is 0.972. The number of allylic oxidation sites excluding steroid dienone is 2. The molecule has 0 spiro atoms. The molecule has 0 aromatic heterocycles. The summed E-state index contributed by atoms with van der Waals surface area (Å²) in [6, 6.07) is 9.75. The molecule has 0 amide bonds. The minimum atomic E-state index is -2.61. The molecule has 0 saturated heterocycles. The van der Waals surface area contributed by atoms with Crippen molar-refractivity contribution in [3.8, 4) is 6.07 Å². The van der Waals surface area contributed by atoms with Crippen molar-refractivity contribution < 1.29 is 8.78 Å². The smallest absolute Gasteiger partial charge is 0.205 e. The SMILES string of the molecule is N#CC=C(c1ccccc1)C(F)F. The highest BCUT2D eigenvalue weighted by Crippen LogP contribution is 2.20. The molecule has 1 rings (SSSR count). The first-order valence-corrected chi connectivity index (χ1v) is 3.69. The van der Waals surface area contributed by atoms with Gasteiger partial charge in [0, 0.05) is 11.6 Å². The lowest BCUT2D eigenvalue weighted by molar-refractivity contribution is 0.215. The van der Waals surface area contributed by atoms with Crippen LogP contribution in [0, 0.1) is 11.3 Å². The van der Waals surface area contributed by atoms with E-state index in [1.807, 2.05) is 0 Å². The molecule has 0 bridgehead atoms. The summed E-state index contributed by atoms with van der Waals surface area (Å²) in [5.74, 6) is 0. The Bertz CT molecular complexity index is 336. The number of rotatable bonds is 2. The Morgan fingerprint density at radius 1 is 1.31 bits per heavy atom. The van der Waals surface area contributed by atoms with E-state index in [1.54, 1.807) is 36.4 Å². The van der Waals surface area contributed by atoms with Crippen molar-refractivity contribution in [2.45, 2.75) is 6.43 Å². The van der Waals surface area contributed by atoms with Crippen LogP contribution in [0.15, 0.2) is 36.4 Å². The Morgan fingerprint density at radius 2 is 1.92 bits per heavy atom. The van der Waals surface area contributed by atoms with Gasteiger partial charge in [-0.15, -0.1) is 0 Å². The molecule has 1 aromatic rings. The monoisotopic (exact) mass is 179 g/mol. The second kappa shape index (κ2) is 4.36. The molecule has 0 aliphatic carbocycles. The summed E-state index contributed by atoms with van der Waals surface area (Å²) in [5, 5.41) is 8.29. The second-order valence-corrected chi connectivity index (χ2v) is 2.40. The Balaban J connectivity index is 3.05. The molecule has 0 radical (unpaired) electrons. The summed E-state index contributed by atoms with van der Waals surface area (Å²) in [5.41, 5.74) is 0.155. The number of nitriles is 1. The van der Waals surface area contributed by atoms with Gasteiger partial charge in [0.1, 0.15) is 0 Å². The van der Waals surface area contributed by atoms with Crippen molar-refractivity contribution in [1.82, 2.24) is 0 Å². The zero-order valence-electron chi connectivity index (χ0n) is 6.74. The van der Waals surface area contributed by atoms with E-state index in [2.05, 4.69) is 0 Å². The molecule has 0 fully saturated rings. The summed E-state index contributed by atoms with van der Waals surface area (Å²) < 4.78 is 24.7. The standard InChI is InChI=1S/C10H7F2N/c11-10(12)9(6-7-13)8-4-2-1-3-5-8/h1-6,10H. The molecule has 66 valence electrons. The van der Waals surface area contributed by atoms with Crippen molar-refractivity contribution in [3.63, 3.8) is 0 Å². The third-order valence-electron chi connectivity index (χ3n) is 1.56. The largest absolute Gasteiger partial charge is 0.265 e. The minimum absolute atomic E-state index is 0.233. The van der Waals surface area contributed by atoms with E-state index in [0.29, 0.717) is 5.56 Å². The Morgan fingerprint density at radius 3 is 2.38 bits per heavy atom. The van der Waals surface area contributed by atoms with Crippen LogP contribution in [0.25, 0.3) is 5.57 Å². The zero-order valence-corrected chi connectivity index (χ0v) is 6.74. The number of hydrogen-bond acceptors (Lipinski definition) is 1. The number of alkyl halides is 2. The molecule has 0 N–H and O–H groups in total. The molecule has 0 unspecified atom stereocenters. The van der Waals surface area contributed by atoms with Crippen molar-refractivity contribution in [2.24, 2.45) is 0 Å². The molecular weight excluding hydrogens is 172 g/mol. The van der Waals surface area contributed by atoms with E-state index in [9.17, 15) is 8.78 Å². The maximum atomic E-state index is 12.4. The van der Waals surface area contributed by atoms with Crippen LogP contribution in [0.2, 0.25) is 0 Å². The Labute approximate surface area is 74.9 Å². The number of nitrogens with zero attached hydrogens (tertiary/aromatic N) is 1. The van der Waals surface area contributed by atoms with Crippen LogP contribution in [-0.2, 0) is 0 Å². The van der Waals surface area contributed by atoms with Crippen LogP contribution in [0.1, 0.15) is 5.56 Å². The van der Waals surface area contributed by atoms with E-state index in [-0.39, 0.29) is 5.57 Å². The van der Waals surface area contributed by atoms with Gasteiger partial charge in [0.2, 0.25) is 0 Å². The van der Waals surface area contributed by atoms with Crippen LogP contribution in [-0.4, -0.2) is 6.43 Å². The minimum Gasteiger partial charge on any atom is -0.205 e. The highest BCUT2D eigenvalue weighted by Gasteiger charge is 2.12. The van der Waals surface area contributed by atoms with E-state index >= 15 is 0 Å². The molecule has 13 heavy (non-hydrogen) atoms.